The van der Waals surface area contributed by atoms with Crippen LogP contribution in [0.5, 0.6) is 5.75 Å². The molecule has 0 bridgehead atoms. The second kappa shape index (κ2) is 8.10. The summed E-state index contributed by atoms with van der Waals surface area (Å²) in [7, 11) is 0. The van der Waals surface area contributed by atoms with Gasteiger partial charge >= 0.3 is 0 Å². The van der Waals surface area contributed by atoms with Crippen molar-refractivity contribution >= 4 is 29.3 Å². The van der Waals surface area contributed by atoms with Crippen LogP contribution < -0.4 is 5.32 Å². The van der Waals surface area contributed by atoms with E-state index in [0.29, 0.717) is 10.7 Å². The summed E-state index contributed by atoms with van der Waals surface area (Å²) in [5.41, 5.74) is 5.19. The van der Waals surface area contributed by atoms with E-state index >= 15 is 0 Å². The first-order valence-electron chi connectivity index (χ1n) is 8.78. The number of hydrogen-bond acceptors (Lipinski definition) is 3. The average Bonchev–Trinajstić information content (AvgIpc) is 3.12. The maximum Gasteiger partial charge on any atom is 0.117 e. The molecule has 0 saturated heterocycles. The molecule has 1 aliphatic heterocycles. The molecule has 4 N–H and O–H groups in total. The maximum absolute atomic E-state index is 9.66. The van der Waals surface area contributed by atoms with Crippen LogP contribution >= 0.6 is 11.6 Å². The van der Waals surface area contributed by atoms with E-state index in [9.17, 15) is 5.11 Å². The van der Waals surface area contributed by atoms with E-state index in [2.05, 4.69) is 15.3 Å². The minimum atomic E-state index is -0.214. The zero-order chi connectivity index (χ0) is 19.4. The average molecular weight is 381 g/mol. The molecule has 1 unspecified atom stereocenters. The fourth-order valence-corrected chi connectivity index (χ4v) is 3.49. The first-order valence-corrected chi connectivity index (χ1v) is 9.15. The molecule has 0 aliphatic carbocycles. The Balaban J connectivity index is 0.00000102. The van der Waals surface area contributed by atoms with Crippen molar-refractivity contribution in [3.8, 4) is 5.75 Å². The van der Waals surface area contributed by atoms with Gasteiger partial charge in [-0.15, -0.1) is 0 Å². The van der Waals surface area contributed by atoms with E-state index in [1.807, 2.05) is 56.4 Å². The Morgan fingerprint density at radius 2 is 1.89 bits per heavy atom. The Hall–Kier alpha value is -3.05. The number of benzene rings is 2. The Bertz CT molecular complexity index is 993. The van der Waals surface area contributed by atoms with E-state index in [-0.39, 0.29) is 11.8 Å². The summed E-state index contributed by atoms with van der Waals surface area (Å²) in [5.74, 6) is 0.128. The molecule has 6 heteroatoms. The van der Waals surface area contributed by atoms with Gasteiger partial charge in [0.2, 0.25) is 0 Å². The van der Waals surface area contributed by atoms with Gasteiger partial charge in [-0.2, -0.15) is 0 Å². The van der Waals surface area contributed by atoms with E-state index in [0.717, 1.165) is 34.4 Å². The van der Waals surface area contributed by atoms with E-state index in [1.54, 1.807) is 6.07 Å². The van der Waals surface area contributed by atoms with Gasteiger partial charge in [0.25, 0.3) is 0 Å². The first kappa shape index (κ1) is 18.7. The van der Waals surface area contributed by atoms with Gasteiger partial charge in [-0.1, -0.05) is 49.7 Å². The van der Waals surface area contributed by atoms with Crippen molar-refractivity contribution in [2.24, 2.45) is 4.99 Å². The number of phenolic OH excluding ortho intramolecular Hbond substituents is 1. The number of nitrogens with one attached hydrogen (secondary N) is 3. The van der Waals surface area contributed by atoms with E-state index < -0.39 is 0 Å². The van der Waals surface area contributed by atoms with Crippen molar-refractivity contribution in [1.29, 1.82) is 5.41 Å². The molecule has 1 aromatic heterocycles. The second-order valence-electron chi connectivity index (χ2n) is 5.74. The summed E-state index contributed by atoms with van der Waals surface area (Å²) in [6, 6.07) is 14.6. The van der Waals surface area contributed by atoms with Crippen molar-refractivity contribution in [1.82, 2.24) is 4.98 Å². The van der Waals surface area contributed by atoms with Crippen molar-refractivity contribution in [3.63, 3.8) is 0 Å². The summed E-state index contributed by atoms with van der Waals surface area (Å²) < 4.78 is 0. The van der Waals surface area contributed by atoms with Crippen molar-refractivity contribution in [2.75, 3.05) is 5.32 Å². The van der Waals surface area contributed by atoms with Crippen LogP contribution in [-0.4, -0.2) is 22.1 Å². The number of aromatic amines is 1. The summed E-state index contributed by atoms with van der Waals surface area (Å²) in [6.07, 6.45) is 2.89. The van der Waals surface area contributed by atoms with Gasteiger partial charge in [0, 0.05) is 28.0 Å². The molecule has 27 heavy (non-hydrogen) atoms. The Labute approximate surface area is 163 Å². The molecule has 2 aromatic carbocycles. The lowest BCUT2D eigenvalue weighted by molar-refractivity contribution is 0.475. The van der Waals surface area contributed by atoms with Gasteiger partial charge in [-0.05, 0) is 29.8 Å². The molecule has 0 spiro atoms. The lowest BCUT2D eigenvalue weighted by Gasteiger charge is -2.20. The predicted molar refractivity (Wildman–Crippen MR) is 112 cm³/mol. The van der Waals surface area contributed by atoms with Gasteiger partial charge in [0.1, 0.15) is 12.1 Å². The van der Waals surface area contributed by atoms with Crippen LogP contribution in [0.25, 0.3) is 0 Å². The lowest BCUT2D eigenvalue weighted by Crippen LogP contribution is -2.12. The zero-order valence-corrected chi connectivity index (χ0v) is 15.9. The minimum Gasteiger partial charge on any atom is -0.508 e. The number of H-pyrrole nitrogens is 1. The lowest BCUT2D eigenvalue weighted by atomic mass is 9.97. The Kier molecular flexibility index (Phi) is 5.62. The van der Waals surface area contributed by atoms with E-state index in [4.69, 9.17) is 17.0 Å². The molecule has 0 amide bonds. The van der Waals surface area contributed by atoms with Gasteiger partial charge in [0.05, 0.1) is 17.4 Å². The topological polar surface area (TPSA) is 84.3 Å². The van der Waals surface area contributed by atoms with Crippen LogP contribution in [0.3, 0.4) is 0 Å². The molecule has 4 rings (SSSR count). The fourth-order valence-electron chi connectivity index (χ4n) is 3.20. The monoisotopic (exact) mass is 380 g/mol. The van der Waals surface area contributed by atoms with Gasteiger partial charge in [-0.25, -0.2) is 4.99 Å². The number of aromatic hydroxyl groups is 1. The molecule has 1 atom stereocenters. The largest absolute Gasteiger partial charge is 0.508 e. The molecule has 1 aliphatic rings. The summed E-state index contributed by atoms with van der Waals surface area (Å²) >= 11 is 6.40. The highest BCUT2D eigenvalue weighted by molar-refractivity contribution is 6.31. The number of phenols is 1. The van der Waals surface area contributed by atoms with Crippen LogP contribution in [0.15, 0.2) is 59.7 Å². The Morgan fingerprint density at radius 3 is 2.63 bits per heavy atom. The van der Waals surface area contributed by atoms with Crippen LogP contribution in [0.2, 0.25) is 5.02 Å². The number of para-hydroxylation sites is 1. The van der Waals surface area contributed by atoms with Crippen LogP contribution in [0.4, 0.5) is 5.69 Å². The fraction of sp³-hybridized carbons (Fsp3) is 0.143. The third-order valence-electron chi connectivity index (χ3n) is 4.30. The number of halogens is 1. The summed E-state index contributed by atoms with van der Waals surface area (Å²) in [6.45, 7) is 4.00. The third kappa shape index (κ3) is 3.46. The quantitative estimate of drug-likeness (QED) is 0.356. The van der Waals surface area contributed by atoms with Crippen molar-refractivity contribution in [3.05, 3.63) is 82.1 Å². The molecule has 0 radical (unpaired) electrons. The smallest absolute Gasteiger partial charge is 0.117 e. The number of hydrogen-bond donors (Lipinski definition) is 4. The maximum atomic E-state index is 9.66. The predicted octanol–water partition coefficient (Wildman–Crippen LogP) is 5.36. The van der Waals surface area contributed by atoms with E-state index in [1.165, 1.54) is 6.07 Å². The number of fused-ring (bicyclic) bond motifs is 2. The minimum absolute atomic E-state index is 0.128. The summed E-state index contributed by atoms with van der Waals surface area (Å²) in [5, 5.41) is 21.1. The molecule has 138 valence electrons. The molecular weight excluding hydrogens is 360 g/mol. The third-order valence-corrected chi connectivity index (χ3v) is 4.63. The second-order valence-corrected chi connectivity index (χ2v) is 6.15. The molecule has 0 fully saturated rings. The molecule has 0 saturated carbocycles. The Morgan fingerprint density at radius 1 is 1.11 bits per heavy atom. The number of nitrogens with zero attached hydrogens (tertiary/aromatic N) is 1. The van der Waals surface area contributed by atoms with Crippen molar-refractivity contribution in [2.45, 2.75) is 19.9 Å². The van der Waals surface area contributed by atoms with Gasteiger partial charge < -0.3 is 15.4 Å². The van der Waals surface area contributed by atoms with Crippen LogP contribution in [0, 0.1) is 5.41 Å². The number of aliphatic imine (C=N–C) groups is 1. The highest BCUT2D eigenvalue weighted by atomic mass is 35.5. The molecule has 2 heterocycles. The van der Waals surface area contributed by atoms with Crippen LogP contribution in [0.1, 0.15) is 42.3 Å². The molecular formula is C21H21ClN4O. The number of anilines is 1. The number of aromatic nitrogens is 1. The van der Waals surface area contributed by atoms with Gasteiger partial charge in [-0.3, -0.25) is 5.41 Å². The van der Waals surface area contributed by atoms with Gasteiger partial charge in [0.15, 0.2) is 0 Å². The molecule has 3 aromatic rings. The highest BCUT2D eigenvalue weighted by Gasteiger charge is 2.28. The van der Waals surface area contributed by atoms with Crippen LogP contribution in [-0.2, 0) is 0 Å². The summed E-state index contributed by atoms with van der Waals surface area (Å²) in [4.78, 5) is 7.51. The highest BCUT2D eigenvalue weighted by Crippen LogP contribution is 2.38. The van der Waals surface area contributed by atoms with Crippen molar-refractivity contribution < 1.29 is 5.11 Å². The zero-order valence-electron chi connectivity index (χ0n) is 15.1. The molecule has 5 nitrogen and oxygen atoms in total. The SMILES string of the molecule is CC.N=CN=C1c2ccccc2NC(c2ccc(O)cc2Cl)c2cc[nH]c21. The number of rotatable bonds is 2. The standard InChI is InChI=1S/C19H15ClN4O.C2H6/c20-15-9-11(25)5-6-12(15)17-14-7-8-22-19(14)18(23-10-21)13-3-1-2-4-16(13)24-17;1-2/h1-10,17,21-22,24-25H;1-2H3. The first-order chi connectivity index (χ1) is 13.2. The normalized spacial score (nSPS) is 16.3.